The highest BCUT2D eigenvalue weighted by molar-refractivity contribution is 9.10. The van der Waals surface area contributed by atoms with Gasteiger partial charge in [0.05, 0.1) is 17.1 Å². The SMILES string of the molecule is Cc1cc(Br)c(Nc2cc(Cl)ccc2N)cc1Cl. The lowest BCUT2D eigenvalue weighted by Gasteiger charge is -2.12. The van der Waals surface area contributed by atoms with Gasteiger partial charge in [-0.15, -0.1) is 0 Å². The summed E-state index contributed by atoms with van der Waals surface area (Å²) in [6.45, 7) is 1.95. The first kappa shape index (κ1) is 13.5. The summed E-state index contributed by atoms with van der Waals surface area (Å²) in [6, 6.07) is 9.08. The van der Waals surface area contributed by atoms with Crippen molar-refractivity contribution < 1.29 is 0 Å². The molecule has 0 heterocycles. The molecular weight excluding hydrogens is 335 g/mol. The fraction of sp³-hybridized carbons (Fsp3) is 0.0769. The second-order valence-electron chi connectivity index (χ2n) is 3.94. The molecule has 0 fully saturated rings. The van der Waals surface area contributed by atoms with Crippen LogP contribution >= 0.6 is 39.1 Å². The Morgan fingerprint density at radius 1 is 1.11 bits per heavy atom. The summed E-state index contributed by atoms with van der Waals surface area (Å²) in [5.74, 6) is 0. The maximum absolute atomic E-state index is 6.10. The monoisotopic (exact) mass is 344 g/mol. The van der Waals surface area contributed by atoms with Crippen molar-refractivity contribution in [2.24, 2.45) is 0 Å². The third kappa shape index (κ3) is 2.91. The first-order chi connectivity index (χ1) is 8.47. The average molecular weight is 346 g/mol. The number of halogens is 3. The van der Waals surface area contributed by atoms with Gasteiger partial charge >= 0.3 is 0 Å². The molecular formula is C13H11BrCl2N2. The highest BCUT2D eigenvalue weighted by Crippen LogP contribution is 2.33. The predicted molar refractivity (Wildman–Crippen MR) is 83.0 cm³/mol. The molecule has 0 amide bonds. The number of nitrogens with one attached hydrogen (secondary N) is 1. The standard InChI is InChI=1S/C13H11BrCl2N2/c1-7-4-9(14)12(6-10(7)16)18-13-5-8(15)2-3-11(13)17/h2-6,18H,17H2,1H3. The molecule has 0 aliphatic carbocycles. The summed E-state index contributed by atoms with van der Waals surface area (Å²) in [5.41, 5.74) is 9.12. The summed E-state index contributed by atoms with van der Waals surface area (Å²) in [6.07, 6.45) is 0. The third-order valence-corrected chi connectivity index (χ3v) is 3.83. The van der Waals surface area contributed by atoms with Crippen molar-refractivity contribution in [1.29, 1.82) is 0 Å². The van der Waals surface area contributed by atoms with E-state index in [0.29, 0.717) is 15.7 Å². The van der Waals surface area contributed by atoms with Crippen LogP contribution in [0.5, 0.6) is 0 Å². The fourth-order valence-corrected chi connectivity index (χ4v) is 2.42. The smallest absolute Gasteiger partial charge is 0.0633 e. The highest BCUT2D eigenvalue weighted by atomic mass is 79.9. The predicted octanol–water partition coefficient (Wildman–Crippen LogP) is 5.39. The van der Waals surface area contributed by atoms with Crippen LogP contribution in [0.25, 0.3) is 0 Å². The first-order valence-electron chi connectivity index (χ1n) is 5.25. The fourth-order valence-electron chi connectivity index (χ4n) is 1.52. The number of benzene rings is 2. The Kier molecular flexibility index (Phi) is 4.05. The van der Waals surface area contributed by atoms with E-state index in [0.717, 1.165) is 21.4 Å². The van der Waals surface area contributed by atoms with E-state index in [1.165, 1.54) is 0 Å². The molecule has 0 radical (unpaired) electrons. The quantitative estimate of drug-likeness (QED) is 0.716. The summed E-state index contributed by atoms with van der Waals surface area (Å²) in [5, 5.41) is 4.53. The van der Waals surface area contributed by atoms with Crippen LogP contribution in [-0.4, -0.2) is 0 Å². The molecule has 0 bridgehead atoms. The zero-order chi connectivity index (χ0) is 13.3. The van der Waals surface area contributed by atoms with Crippen molar-refractivity contribution in [3.63, 3.8) is 0 Å². The van der Waals surface area contributed by atoms with E-state index in [1.54, 1.807) is 18.2 Å². The minimum absolute atomic E-state index is 0.626. The molecule has 0 unspecified atom stereocenters. The Morgan fingerprint density at radius 2 is 1.83 bits per heavy atom. The molecule has 5 heteroatoms. The molecule has 0 aromatic heterocycles. The van der Waals surface area contributed by atoms with E-state index >= 15 is 0 Å². The van der Waals surface area contributed by atoms with Gasteiger partial charge in [-0.2, -0.15) is 0 Å². The second-order valence-corrected chi connectivity index (χ2v) is 5.64. The van der Waals surface area contributed by atoms with Gasteiger partial charge in [-0.3, -0.25) is 0 Å². The number of nitrogen functional groups attached to an aromatic ring is 1. The molecule has 2 rings (SSSR count). The largest absolute Gasteiger partial charge is 0.397 e. The van der Waals surface area contributed by atoms with E-state index in [1.807, 2.05) is 19.1 Å². The van der Waals surface area contributed by atoms with Crippen LogP contribution in [0.15, 0.2) is 34.8 Å². The summed E-state index contributed by atoms with van der Waals surface area (Å²) in [7, 11) is 0. The Morgan fingerprint density at radius 3 is 2.56 bits per heavy atom. The van der Waals surface area contributed by atoms with E-state index in [-0.39, 0.29) is 0 Å². The number of hydrogen-bond acceptors (Lipinski definition) is 2. The zero-order valence-electron chi connectivity index (χ0n) is 9.60. The molecule has 18 heavy (non-hydrogen) atoms. The van der Waals surface area contributed by atoms with Crippen molar-refractivity contribution in [3.8, 4) is 0 Å². The van der Waals surface area contributed by atoms with Crippen LogP contribution in [0.1, 0.15) is 5.56 Å². The van der Waals surface area contributed by atoms with Crippen molar-refractivity contribution in [2.75, 3.05) is 11.1 Å². The lowest BCUT2D eigenvalue weighted by atomic mass is 10.2. The summed E-state index contributed by atoms with van der Waals surface area (Å²) < 4.78 is 0.920. The van der Waals surface area contributed by atoms with Gasteiger partial charge in [-0.1, -0.05) is 23.2 Å². The van der Waals surface area contributed by atoms with Gasteiger partial charge in [-0.05, 0) is 58.7 Å². The van der Waals surface area contributed by atoms with E-state index in [9.17, 15) is 0 Å². The van der Waals surface area contributed by atoms with Gasteiger partial charge in [0.25, 0.3) is 0 Å². The Labute approximate surface area is 124 Å². The van der Waals surface area contributed by atoms with Gasteiger partial charge in [0.2, 0.25) is 0 Å². The highest BCUT2D eigenvalue weighted by Gasteiger charge is 2.07. The Balaban J connectivity index is 2.40. The van der Waals surface area contributed by atoms with Crippen molar-refractivity contribution in [3.05, 3.63) is 50.4 Å². The molecule has 94 valence electrons. The number of rotatable bonds is 2. The molecule has 0 saturated heterocycles. The second kappa shape index (κ2) is 5.39. The number of anilines is 3. The van der Waals surface area contributed by atoms with Crippen molar-refractivity contribution in [2.45, 2.75) is 6.92 Å². The van der Waals surface area contributed by atoms with E-state index in [2.05, 4.69) is 21.2 Å². The van der Waals surface area contributed by atoms with E-state index in [4.69, 9.17) is 28.9 Å². The summed E-state index contributed by atoms with van der Waals surface area (Å²) in [4.78, 5) is 0. The number of nitrogens with two attached hydrogens (primary N) is 1. The molecule has 2 nitrogen and oxygen atoms in total. The van der Waals surface area contributed by atoms with Crippen LogP contribution in [0.4, 0.5) is 17.1 Å². The van der Waals surface area contributed by atoms with E-state index < -0.39 is 0 Å². The minimum Gasteiger partial charge on any atom is -0.397 e. The molecule has 0 aliphatic heterocycles. The van der Waals surface area contributed by atoms with Gasteiger partial charge in [0.15, 0.2) is 0 Å². The lowest BCUT2D eigenvalue weighted by Crippen LogP contribution is -1.97. The Bertz CT molecular complexity index is 600. The maximum atomic E-state index is 6.10. The van der Waals surface area contributed by atoms with Crippen LogP contribution in [-0.2, 0) is 0 Å². The molecule has 2 aromatic carbocycles. The van der Waals surface area contributed by atoms with Gasteiger partial charge in [0.1, 0.15) is 0 Å². The van der Waals surface area contributed by atoms with Gasteiger partial charge in [0, 0.05) is 14.5 Å². The molecule has 0 saturated carbocycles. The molecule has 2 aromatic rings. The van der Waals surface area contributed by atoms with Gasteiger partial charge < -0.3 is 11.1 Å². The van der Waals surface area contributed by atoms with Crippen molar-refractivity contribution >= 4 is 56.2 Å². The van der Waals surface area contributed by atoms with Crippen LogP contribution < -0.4 is 11.1 Å². The maximum Gasteiger partial charge on any atom is 0.0633 e. The van der Waals surface area contributed by atoms with Crippen LogP contribution in [0.3, 0.4) is 0 Å². The normalized spacial score (nSPS) is 10.4. The number of hydrogen-bond donors (Lipinski definition) is 2. The van der Waals surface area contributed by atoms with Crippen LogP contribution in [0.2, 0.25) is 10.0 Å². The zero-order valence-corrected chi connectivity index (χ0v) is 12.7. The topological polar surface area (TPSA) is 38.0 Å². The van der Waals surface area contributed by atoms with Crippen molar-refractivity contribution in [1.82, 2.24) is 0 Å². The minimum atomic E-state index is 0.626. The summed E-state index contributed by atoms with van der Waals surface area (Å²) >= 11 is 15.5. The lowest BCUT2D eigenvalue weighted by molar-refractivity contribution is 1.43. The molecule has 0 atom stereocenters. The molecule has 3 N–H and O–H groups in total. The third-order valence-electron chi connectivity index (χ3n) is 2.53. The molecule has 0 spiro atoms. The average Bonchev–Trinajstić information content (AvgIpc) is 2.30. The Hall–Kier alpha value is -0.900. The first-order valence-corrected chi connectivity index (χ1v) is 6.80. The number of aryl methyl sites for hydroxylation is 1. The van der Waals surface area contributed by atoms with Gasteiger partial charge in [-0.25, -0.2) is 0 Å². The molecule has 0 aliphatic rings. The van der Waals surface area contributed by atoms with Crippen LogP contribution in [0, 0.1) is 6.92 Å².